The first-order valence-corrected chi connectivity index (χ1v) is 6.00. The fourth-order valence-electron chi connectivity index (χ4n) is 1.51. The molecule has 0 aliphatic rings. The monoisotopic (exact) mass is 317 g/mol. The summed E-state index contributed by atoms with van der Waals surface area (Å²) >= 11 is 3.09. The molecular weight excluding hydrogens is 305 g/mol. The maximum absolute atomic E-state index is 13.5. The van der Waals surface area contributed by atoms with Crippen LogP contribution in [-0.2, 0) is 4.79 Å². The van der Waals surface area contributed by atoms with Crippen molar-refractivity contribution >= 4 is 27.8 Å². The highest BCUT2D eigenvalue weighted by atomic mass is 79.9. The lowest BCUT2D eigenvalue weighted by molar-refractivity contribution is -0.138. The van der Waals surface area contributed by atoms with Gasteiger partial charge >= 0.3 is 5.97 Å². The highest BCUT2D eigenvalue weighted by Gasteiger charge is 2.26. The van der Waals surface area contributed by atoms with E-state index in [9.17, 15) is 14.0 Å². The fourth-order valence-corrected chi connectivity index (χ4v) is 2.03. The number of aliphatic carboxylic acids is 1. The second-order valence-electron chi connectivity index (χ2n) is 4.51. The molecule has 0 atom stereocenters. The molecule has 0 heterocycles. The Balaban J connectivity index is 2.92. The molecule has 0 saturated carbocycles. The Bertz CT molecular complexity index is 468. The average Bonchev–Trinajstić information content (AvgIpc) is 2.13. The number of benzene rings is 1. The number of rotatable bonds is 4. The van der Waals surface area contributed by atoms with Crippen LogP contribution in [0.4, 0.5) is 4.39 Å². The second kappa shape index (κ2) is 5.48. The van der Waals surface area contributed by atoms with Crippen molar-refractivity contribution in [3.05, 3.63) is 34.1 Å². The number of carboxylic acid groups (broad SMARTS) is 1. The van der Waals surface area contributed by atoms with Crippen LogP contribution in [0.25, 0.3) is 0 Å². The van der Waals surface area contributed by atoms with Crippen LogP contribution < -0.4 is 5.32 Å². The molecule has 0 aliphatic heterocycles. The topological polar surface area (TPSA) is 66.4 Å². The summed E-state index contributed by atoms with van der Waals surface area (Å²) in [5, 5.41) is 11.2. The van der Waals surface area contributed by atoms with E-state index in [4.69, 9.17) is 5.11 Å². The molecule has 0 aliphatic carbocycles. The van der Waals surface area contributed by atoms with E-state index in [-0.39, 0.29) is 12.0 Å². The third-order valence-corrected chi connectivity index (χ3v) is 2.90. The van der Waals surface area contributed by atoms with E-state index in [1.807, 2.05) is 0 Å². The van der Waals surface area contributed by atoms with Crippen LogP contribution in [0.15, 0.2) is 22.7 Å². The van der Waals surface area contributed by atoms with E-state index in [0.29, 0.717) is 4.47 Å². The van der Waals surface area contributed by atoms with Crippen molar-refractivity contribution in [2.45, 2.75) is 25.8 Å². The van der Waals surface area contributed by atoms with Crippen LogP contribution >= 0.6 is 15.9 Å². The Kier molecular flexibility index (Phi) is 4.45. The summed E-state index contributed by atoms with van der Waals surface area (Å²) in [5.74, 6) is -2.34. The zero-order chi connectivity index (χ0) is 13.9. The molecule has 0 saturated heterocycles. The van der Waals surface area contributed by atoms with Crippen LogP contribution in [0, 0.1) is 5.82 Å². The lowest BCUT2D eigenvalue weighted by atomic mass is 10.00. The predicted octanol–water partition coefficient (Wildman–Crippen LogP) is 2.57. The van der Waals surface area contributed by atoms with E-state index in [1.165, 1.54) is 12.1 Å². The molecule has 0 spiro atoms. The van der Waals surface area contributed by atoms with Crippen LogP contribution in [0.2, 0.25) is 0 Å². The van der Waals surface area contributed by atoms with E-state index < -0.39 is 23.2 Å². The zero-order valence-electron chi connectivity index (χ0n) is 9.96. The van der Waals surface area contributed by atoms with Gasteiger partial charge in [0.05, 0.1) is 12.0 Å². The SMILES string of the molecule is CC(C)(CC(=O)O)NC(=O)c1c(F)cccc1Br. The molecule has 0 fully saturated rings. The van der Waals surface area contributed by atoms with Gasteiger partial charge < -0.3 is 10.4 Å². The number of nitrogens with one attached hydrogen (secondary N) is 1. The molecule has 1 aromatic carbocycles. The molecule has 4 nitrogen and oxygen atoms in total. The van der Waals surface area contributed by atoms with Crippen LogP contribution in [0.1, 0.15) is 30.6 Å². The molecule has 6 heteroatoms. The molecule has 0 bridgehead atoms. The van der Waals surface area contributed by atoms with Gasteiger partial charge in [0, 0.05) is 10.0 Å². The Labute approximate surface area is 112 Å². The minimum Gasteiger partial charge on any atom is -0.481 e. The Morgan fingerprint density at radius 3 is 2.56 bits per heavy atom. The molecule has 1 amide bonds. The predicted molar refractivity (Wildman–Crippen MR) is 67.9 cm³/mol. The molecule has 0 radical (unpaired) electrons. The van der Waals surface area contributed by atoms with Gasteiger partial charge in [-0.3, -0.25) is 9.59 Å². The Morgan fingerprint density at radius 1 is 1.44 bits per heavy atom. The minimum absolute atomic E-state index is 0.129. The van der Waals surface area contributed by atoms with Crippen molar-refractivity contribution in [2.75, 3.05) is 0 Å². The van der Waals surface area contributed by atoms with Gasteiger partial charge in [0.1, 0.15) is 5.82 Å². The molecule has 18 heavy (non-hydrogen) atoms. The zero-order valence-corrected chi connectivity index (χ0v) is 11.5. The van der Waals surface area contributed by atoms with Crippen molar-refractivity contribution in [1.29, 1.82) is 0 Å². The number of carbonyl (C=O) groups is 2. The normalized spacial score (nSPS) is 11.1. The smallest absolute Gasteiger partial charge is 0.305 e. The van der Waals surface area contributed by atoms with E-state index in [0.717, 1.165) is 0 Å². The first kappa shape index (κ1) is 14.6. The van der Waals surface area contributed by atoms with Gasteiger partial charge in [-0.25, -0.2) is 4.39 Å². The Hall–Kier alpha value is -1.43. The van der Waals surface area contributed by atoms with Gasteiger partial charge in [-0.15, -0.1) is 0 Å². The minimum atomic E-state index is -1.03. The summed E-state index contributed by atoms with van der Waals surface area (Å²) in [5.41, 5.74) is -1.08. The largest absolute Gasteiger partial charge is 0.481 e. The third kappa shape index (κ3) is 3.80. The summed E-state index contributed by atoms with van der Waals surface area (Å²) in [7, 11) is 0. The van der Waals surface area contributed by atoms with Crippen LogP contribution in [0.3, 0.4) is 0 Å². The van der Waals surface area contributed by atoms with Gasteiger partial charge in [0.2, 0.25) is 0 Å². The molecule has 98 valence electrons. The standard InChI is InChI=1S/C12H13BrFNO3/c1-12(2,6-9(16)17)15-11(18)10-7(13)4-3-5-8(10)14/h3-5H,6H2,1-2H3,(H,15,18)(H,16,17). The summed E-state index contributed by atoms with van der Waals surface area (Å²) in [4.78, 5) is 22.5. The van der Waals surface area contributed by atoms with Crippen molar-refractivity contribution in [3.8, 4) is 0 Å². The summed E-state index contributed by atoms with van der Waals surface area (Å²) in [6.45, 7) is 3.13. The van der Waals surface area contributed by atoms with Crippen molar-refractivity contribution in [2.24, 2.45) is 0 Å². The van der Waals surface area contributed by atoms with Gasteiger partial charge in [-0.05, 0) is 41.9 Å². The number of amides is 1. The molecule has 1 aromatic rings. The quantitative estimate of drug-likeness (QED) is 0.897. The first-order chi connectivity index (χ1) is 8.23. The summed E-state index contributed by atoms with van der Waals surface area (Å²) in [6.07, 6.45) is -0.245. The number of hydrogen-bond acceptors (Lipinski definition) is 2. The van der Waals surface area contributed by atoms with Crippen molar-refractivity contribution in [3.63, 3.8) is 0 Å². The van der Waals surface area contributed by atoms with E-state index in [2.05, 4.69) is 21.2 Å². The molecule has 1 rings (SSSR count). The number of carboxylic acids is 1. The third-order valence-electron chi connectivity index (χ3n) is 2.23. The van der Waals surface area contributed by atoms with Crippen molar-refractivity contribution in [1.82, 2.24) is 5.32 Å². The van der Waals surface area contributed by atoms with Crippen LogP contribution in [0.5, 0.6) is 0 Å². The van der Waals surface area contributed by atoms with Crippen molar-refractivity contribution < 1.29 is 19.1 Å². The van der Waals surface area contributed by atoms with Gasteiger partial charge in [0.15, 0.2) is 0 Å². The summed E-state index contributed by atoms with van der Waals surface area (Å²) in [6, 6.07) is 4.19. The van der Waals surface area contributed by atoms with E-state index in [1.54, 1.807) is 19.9 Å². The highest BCUT2D eigenvalue weighted by Crippen LogP contribution is 2.20. The molecule has 0 unspecified atom stereocenters. The van der Waals surface area contributed by atoms with Crippen LogP contribution in [-0.4, -0.2) is 22.5 Å². The average molecular weight is 318 g/mol. The lowest BCUT2D eigenvalue weighted by Gasteiger charge is -2.24. The van der Waals surface area contributed by atoms with Gasteiger partial charge in [0.25, 0.3) is 5.91 Å². The fraction of sp³-hybridized carbons (Fsp3) is 0.333. The van der Waals surface area contributed by atoms with E-state index >= 15 is 0 Å². The lowest BCUT2D eigenvalue weighted by Crippen LogP contribution is -2.45. The highest BCUT2D eigenvalue weighted by molar-refractivity contribution is 9.10. The molecular formula is C12H13BrFNO3. The van der Waals surface area contributed by atoms with Gasteiger partial charge in [-0.2, -0.15) is 0 Å². The second-order valence-corrected chi connectivity index (χ2v) is 5.36. The number of carbonyl (C=O) groups excluding carboxylic acids is 1. The first-order valence-electron chi connectivity index (χ1n) is 5.21. The number of halogens is 2. The molecule has 0 aromatic heterocycles. The maximum Gasteiger partial charge on any atom is 0.305 e. The summed E-state index contributed by atoms with van der Waals surface area (Å²) < 4.78 is 13.9. The Morgan fingerprint density at radius 2 is 2.06 bits per heavy atom. The maximum atomic E-state index is 13.5. The van der Waals surface area contributed by atoms with Gasteiger partial charge in [-0.1, -0.05) is 6.07 Å². The molecule has 2 N–H and O–H groups in total. The number of hydrogen-bond donors (Lipinski definition) is 2.